The minimum Gasteiger partial charge on any atom is -0.505 e. The molecule has 1 nitrogen and oxygen atoms in total. The van der Waals surface area contributed by atoms with Crippen molar-refractivity contribution in [1.29, 1.82) is 0 Å². The van der Waals surface area contributed by atoms with Gasteiger partial charge in [0.05, 0.1) is 0 Å². The highest BCUT2D eigenvalue weighted by atomic mass is 35.5. The molecule has 0 saturated carbocycles. The van der Waals surface area contributed by atoms with E-state index < -0.39 is 0 Å². The van der Waals surface area contributed by atoms with Gasteiger partial charge in [0, 0.05) is 0 Å². The Morgan fingerprint density at radius 1 is 1.71 bits per heavy atom. The van der Waals surface area contributed by atoms with Crippen LogP contribution in [0.2, 0.25) is 4.34 Å². The van der Waals surface area contributed by atoms with Gasteiger partial charge in [0.25, 0.3) is 0 Å². The van der Waals surface area contributed by atoms with Gasteiger partial charge in [-0.05, 0) is 11.4 Å². The zero-order valence-electron chi connectivity index (χ0n) is 3.39. The molecule has 0 aliphatic rings. The summed E-state index contributed by atoms with van der Waals surface area (Å²) < 4.78 is 0.458. The Hall–Kier alpha value is -0.210. The van der Waals surface area contributed by atoms with Gasteiger partial charge >= 0.3 is 0 Å². The van der Waals surface area contributed by atoms with E-state index in [2.05, 4.69) is 0 Å². The molecule has 0 aromatic carbocycles. The van der Waals surface area contributed by atoms with Gasteiger partial charge in [-0.3, -0.25) is 0 Å². The van der Waals surface area contributed by atoms with Crippen LogP contribution in [0, 0.1) is 0 Å². The lowest BCUT2D eigenvalue weighted by Gasteiger charge is -1.76. The van der Waals surface area contributed by atoms with Crippen molar-refractivity contribution in [1.82, 2.24) is 0 Å². The average molecular weight is 135 g/mol. The van der Waals surface area contributed by atoms with Gasteiger partial charge < -0.3 is 5.11 Å². The lowest BCUT2D eigenvalue weighted by Crippen LogP contribution is -1.46. The lowest BCUT2D eigenvalue weighted by atomic mass is 10.6. The second-order valence-electron chi connectivity index (χ2n) is 1.08. The second-order valence-corrected chi connectivity index (χ2v) is 2.60. The van der Waals surface area contributed by atoms with Crippen molar-refractivity contribution >= 4 is 22.9 Å². The largest absolute Gasteiger partial charge is 0.505 e. The van der Waals surface area contributed by atoms with Gasteiger partial charge in [0.15, 0.2) is 0 Å². The van der Waals surface area contributed by atoms with Gasteiger partial charge in [-0.25, -0.2) is 0 Å². The van der Waals surface area contributed by atoms with E-state index in [0.29, 0.717) is 4.34 Å². The molecule has 0 aliphatic heterocycles. The van der Waals surface area contributed by atoms with Crippen molar-refractivity contribution in [2.24, 2.45) is 0 Å². The summed E-state index contributed by atoms with van der Waals surface area (Å²) in [7, 11) is 0. The first-order valence-corrected chi connectivity index (χ1v) is 2.98. The van der Waals surface area contributed by atoms with Crippen LogP contribution in [-0.2, 0) is 0 Å². The highest BCUT2D eigenvalue weighted by molar-refractivity contribution is 7.14. The third kappa shape index (κ3) is 0.868. The topological polar surface area (TPSA) is 20.2 Å². The molecule has 38 valence electrons. The Kier molecular flexibility index (Phi) is 1.21. The molecular formula is C4H3ClOS. The molecule has 0 atom stereocenters. The molecule has 0 amide bonds. The standard InChI is InChI=1S/C4H3ClOS/c5-4-3(6)1-2-7-4/h1-2,6H. The van der Waals surface area contributed by atoms with Gasteiger partial charge in [-0.15, -0.1) is 11.3 Å². The normalized spacial score (nSPS) is 9.29. The molecule has 1 aromatic heterocycles. The average Bonchev–Trinajstić information content (AvgIpc) is 1.91. The van der Waals surface area contributed by atoms with Crippen molar-refractivity contribution in [2.45, 2.75) is 0 Å². The molecule has 0 bridgehead atoms. The summed E-state index contributed by atoms with van der Waals surface area (Å²) in [5, 5.41) is 10.4. The van der Waals surface area contributed by atoms with E-state index >= 15 is 0 Å². The van der Waals surface area contributed by atoms with Gasteiger partial charge in [0.2, 0.25) is 0 Å². The number of hydrogen-bond donors (Lipinski definition) is 1. The summed E-state index contributed by atoms with van der Waals surface area (Å²) in [5.41, 5.74) is 0. The van der Waals surface area contributed by atoms with Crippen LogP contribution < -0.4 is 0 Å². The molecule has 0 saturated heterocycles. The van der Waals surface area contributed by atoms with Crippen molar-refractivity contribution in [3.8, 4) is 5.75 Å². The quantitative estimate of drug-likeness (QED) is 0.576. The number of hydrogen-bond acceptors (Lipinski definition) is 2. The molecular weight excluding hydrogens is 132 g/mol. The minimum absolute atomic E-state index is 0.173. The Bertz CT molecular complexity index is 144. The molecule has 3 heteroatoms. The first kappa shape index (κ1) is 4.94. The van der Waals surface area contributed by atoms with E-state index in [0.717, 1.165) is 0 Å². The molecule has 1 heterocycles. The molecule has 0 spiro atoms. The molecule has 1 aromatic rings. The molecule has 0 fully saturated rings. The molecule has 0 aliphatic carbocycles. The Balaban J connectivity index is 3.12. The maximum atomic E-state index is 8.64. The maximum Gasteiger partial charge on any atom is 0.145 e. The number of rotatable bonds is 0. The summed E-state index contributed by atoms with van der Waals surface area (Å²) in [6, 6.07) is 1.56. The van der Waals surface area contributed by atoms with Crippen molar-refractivity contribution in [3.63, 3.8) is 0 Å². The fourth-order valence-corrected chi connectivity index (χ4v) is 1.01. The van der Waals surface area contributed by atoms with E-state index in [9.17, 15) is 0 Å². The summed E-state index contributed by atoms with van der Waals surface area (Å²) in [4.78, 5) is 0. The zero-order valence-corrected chi connectivity index (χ0v) is 4.96. The van der Waals surface area contributed by atoms with Crippen LogP contribution in [-0.4, -0.2) is 5.11 Å². The second kappa shape index (κ2) is 1.72. The molecule has 1 N–H and O–H groups in total. The monoisotopic (exact) mass is 134 g/mol. The molecule has 0 radical (unpaired) electrons. The van der Waals surface area contributed by atoms with E-state index in [1.165, 1.54) is 11.3 Å². The highest BCUT2D eigenvalue weighted by Crippen LogP contribution is 2.27. The summed E-state index contributed by atoms with van der Waals surface area (Å²) in [6.45, 7) is 0. The maximum absolute atomic E-state index is 8.64. The van der Waals surface area contributed by atoms with Crippen LogP contribution in [0.15, 0.2) is 11.4 Å². The van der Waals surface area contributed by atoms with Crippen molar-refractivity contribution < 1.29 is 5.11 Å². The fraction of sp³-hybridized carbons (Fsp3) is 0. The molecule has 0 unspecified atom stereocenters. The summed E-state index contributed by atoms with van der Waals surface area (Å²) in [5.74, 6) is 0.173. The first-order valence-electron chi connectivity index (χ1n) is 1.72. The Morgan fingerprint density at radius 2 is 2.43 bits per heavy atom. The first-order chi connectivity index (χ1) is 3.30. The third-order valence-electron chi connectivity index (χ3n) is 0.599. The molecule has 7 heavy (non-hydrogen) atoms. The summed E-state index contributed by atoms with van der Waals surface area (Å²) >= 11 is 6.71. The van der Waals surface area contributed by atoms with E-state index in [1.807, 2.05) is 0 Å². The van der Waals surface area contributed by atoms with Gasteiger partial charge in [-0.2, -0.15) is 0 Å². The van der Waals surface area contributed by atoms with Crippen LogP contribution in [0.1, 0.15) is 0 Å². The smallest absolute Gasteiger partial charge is 0.145 e. The SMILES string of the molecule is Oc1ccsc1Cl. The number of halogens is 1. The van der Waals surface area contributed by atoms with Crippen molar-refractivity contribution in [3.05, 3.63) is 15.8 Å². The fourth-order valence-electron chi connectivity index (χ4n) is 0.284. The van der Waals surface area contributed by atoms with E-state index in [1.54, 1.807) is 11.4 Å². The van der Waals surface area contributed by atoms with Gasteiger partial charge in [-0.1, -0.05) is 11.6 Å². The minimum atomic E-state index is 0.173. The van der Waals surface area contributed by atoms with Crippen LogP contribution in [0.5, 0.6) is 5.75 Å². The number of thiophene rings is 1. The predicted molar refractivity (Wildman–Crippen MR) is 31.0 cm³/mol. The number of aromatic hydroxyl groups is 1. The summed E-state index contributed by atoms with van der Waals surface area (Å²) in [6.07, 6.45) is 0. The van der Waals surface area contributed by atoms with Gasteiger partial charge in [0.1, 0.15) is 10.1 Å². The highest BCUT2D eigenvalue weighted by Gasteiger charge is 1.93. The predicted octanol–water partition coefficient (Wildman–Crippen LogP) is 2.11. The lowest BCUT2D eigenvalue weighted by molar-refractivity contribution is 0.478. The van der Waals surface area contributed by atoms with Crippen LogP contribution >= 0.6 is 22.9 Å². The Labute approximate surface area is 50.2 Å². The third-order valence-corrected chi connectivity index (χ3v) is 1.75. The van der Waals surface area contributed by atoms with Crippen LogP contribution in [0.25, 0.3) is 0 Å². The van der Waals surface area contributed by atoms with Crippen molar-refractivity contribution in [2.75, 3.05) is 0 Å². The van der Waals surface area contributed by atoms with Crippen LogP contribution in [0.3, 0.4) is 0 Å². The van der Waals surface area contributed by atoms with Crippen LogP contribution in [0.4, 0.5) is 0 Å². The van der Waals surface area contributed by atoms with E-state index in [4.69, 9.17) is 16.7 Å². The zero-order chi connectivity index (χ0) is 5.28. The molecule has 1 rings (SSSR count). The van der Waals surface area contributed by atoms with E-state index in [-0.39, 0.29) is 5.75 Å². The Morgan fingerprint density at radius 3 is 2.57 bits per heavy atom.